The summed E-state index contributed by atoms with van der Waals surface area (Å²) in [5, 5.41) is 5.32. The minimum absolute atomic E-state index is 0.111. The molecule has 3 aromatic rings. The van der Waals surface area contributed by atoms with Gasteiger partial charge in [-0.3, -0.25) is 4.79 Å². The molecule has 0 spiro atoms. The summed E-state index contributed by atoms with van der Waals surface area (Å²) in [4.78, 5) is 13.1. The maximum absolute atomic E-state index is 12.6. The molecule has 0 unspecified atom stereocenters. The normalized spacial score (nSPS) is 11.3. The van der Waals surface area contributed by atoms with E-state index in [0.717, 1.165) is 5.56 Å². The predicted molar refractivity (Wildman–Crippen MR) is 118 cm³/mol. The number of ether oxygens (including phenoxy) is 1. The van der Waals surface area contributed by atoms with E-state index in [1.54, 1.807) is 24.3 Å². The minimum atomic E-state index is -0.280. The Morgan fingerprint density at radius 2 is 1.79 bits per heavy atom. The van der Waals surface area contributed by atoms with E-state index in [2.05, 4.69) is 50.4 Å². The summed E-state index contributed by atoms with van der Waals surface area (Å²) < 4.78 is 5.89. The first-order valence-electron chi connectivity index (χ1n) is 8.81. The summed E-state index contributed by atoms with van der Waals surface area (Å²) in [6.45, 7) is 6.93. The van der Waals surface area contributed by atoms with Crippen molar-refractivity contribution in [3.8, 4) is 5.75 Å². The van der Waals surface area contributed by atoms with E-state index < -0.39 is 0 Å². The minimum Gasteiger partial charge on any atom is -0.487 e. The van der Waals surface area contributed by atoms with Gasteiger partial charge in [-0.05, 0) is 40.1 Å². The van der Waals surface area contributed by atoms with Crippen molar-refractivity contribution in [1.29, 1.82) is 0 Å². The summed E-state index contributed by atoms with van der Waals surface area (Å²) in [6.07, 6.45) is 0. The van der Waals surface area contributed by atoms with Crippen LogP contribution in [0.15, 0.2) is 53.9 Å². The van der Waals surface area contributed by atoms with Crippen molar-refractivity contribution in [3.63, 3.8) is 0 Å². The molecule has 6 heteroatoms. The number of carbonyl (C=O) groups excluding carboxylic acids is 1. The zero-order valence-corrected chi connectivity index (χ0v) is 18.2. The molecule has 0 saturated heterocycles. The van der Waals surface area contributed by atoms with Gasteiger partial charge in [-0.15, -0.1) is 11.3 Å². The van der Waals surface area contributed by atoms with Gasteiger partial charge in [0.15, 0.2) is 0 Å². The molecule has 146 valence electrons. The smallest absolute Gasteiger partial charge is 0.269 e. The van der Waals surface area contributed by atoms with Crippen molar-refractivity contribution in [3.05, 3.63) is 80.0 Å². The van der Waals surface area contributed by atoms with Gasteiger partial charge >= 0.3 is 0 Å². The second-order valence-corrected chi connectivity index (χ2v) is 9.11. The fourth-order valence-electron chi connectivity index (χ4n) is 2.62. The Bertz CT molecular complexity index is 975. The van der Waals surface area contributed by atoms with E-state index in [-0.39, 0.29) is 11.3 Å². The van der Waals surface area contributed by atoms with Crippen LogP contribution < -0.4 is 10.1 Å². The molecule has 0 fully saturated rings. The Hall–Kier alpha value is -2.01. The standard InChI is InChI=1S/C22H21Cl2NO2S/c1-22(2,3)15-9-7-14(8-10-15)13-27-18-11-12-28-20(18)21(26)25-17-6-4-5-16(23)19(17)24/h4-12H,13H2,1-3H3,(H,25,26). The fraction of sp³-hybridized carbons (Fsp3) is 0.227. The molecule has 0 bridgehead atoms. The number of rotatable bonds is 5. The first-order chi connectivity index (χ1) is 13.3. The second kappa shape index (κ2) is 8.56. The molecule has 1 aromatic heterocycles. The van der Waals surface area contributed by atoms with Crippen LogP contribution in [0.2, 0.25) is 10.0 Å². The maximum Gasteiger partial charge on any atom is 0.269 e. The second-order valence-electron chi connectivity index (χ2n) is 7.41. The molecule has 0 aliphatic carbocycles. The lowest BCUT2D eigenvalue weighted by Gasteiger charge is -2.19. The van der Waals surface area contributed by atoms with Crippen LogP contribution in [0, 0.1) is 0 Å². The van der Waals surface area contributed by atoms with Gasteiger partial charge in [0, 0.05) is 0 Å². The van der Waals surface area contributed by atoms with Crippen molar-refractivity contribution in [2.75, 3.05) is 5.32 Å². The molecule has 1 amide bonds. The number of halogens is 2. The SMILES string of the molecule is CC(C)(C)c1ccc(COc2ccsc2C(=O)Nc2cccc(Cl)c2Cl)cc1. The Labute approximate surface area is 179 Å². The van der Waals surface area contributed by atoms with Crippen LogP contribution >= 0.6 is 34.5 Å². The van der Waals surface area contributed by atoms with Crippen LogP contribution in [0.5, 0.6) is 5.75 Å². The summed E-state index contributed by atoms with van der Waals surface area (Å²) in [5.74, 6) is 0.262. The van der Waals surface area contributed by atoms with E-state index in [0.29, 0.717) is 33.0 Å². The third-order valence-electron chi connectivity index (χ3n) is 4.25. The Morgan fingerprint density at radius 1 is 1.07 bits per heavy atom. The highest BCUT2D eigenvalue weighted by Gasteiger charge is 2.17. The third-order valence-corrected chi connectivity index (χ3v) is 5.96. The van der Waals surface area contributed by atoms with E-state index >= 15 is 0 Å². The summed E-state index contributed by atoms with van der Waals surface area (Å²) in [7, 11) is 0. The quantitative estimate of drug-likeness (QED) is 0.462. The molecule has 0 radical (unpaired) electrons. The van der Waals surface area contributed by atoms with Crippen LogP contribution in [0.25, 0.3) is 0 Å². The van der Waals surface area contributed by atoms with Gasteiger partial charge in [-0.2, -0.15) is 0 Å². The largest absolute Gasteiger partial charge is 0.487 e. The predicted octanol–water partition coefficient (Wildman–Crippen LogP) is 7.18. The van der Waals surface area contributed by atoms with Gasteiger partial charge in [0.2, 0.25) is 0 Å². The van der Waals surface area contributed by atoms with Gasteiger partial charge in [0.05, 0.1) is 15.7 Å². The zero-order valence-electron chi connectivity index (χ0n) is 15.9. The molecule has 0 aliphatic heterocycles. The molecule has 1 heterocycles. The van der Waals surface area contributed by atoms with Crippen molar-refractivity contribution >= 4 is 46.1 Å². The van der Waals surface area contributed by atoms with Gasteiger partial charge < -0.3 is 10.1 Å². The monoisotopic (exact) mass is 433 g/mol. The number of hydrogen-bond acceptors (Lipinski definition) is 3. The highest BCUT2D eigenvalue weighted by Crippen LogP contribution is 2.32. The number of hydrogen-bond donors (Lipinski definition) is 1. The Balaban J connectivity index is 1.68. The van der Waals surface area contributed by atoms with Crippen molar-refractivity contribution < 1.29 is 9.53 Å². The topological polar surface area (TPSA) is 38.3 Å². The number of carbonyl (C=O) groups is 1. The average Bonchev–Trinajstić information content (AvgIpc) is 3.12. The molecular weight excluding hydrogens is 413 g/mol. The molecule has 3 nitrogen and oxygen atoms in total. The van der Waals surface area contributed by atoms with E-state index in [1.165, 1.54) is 16.9 Å². The van der Waals surface area contributed by atoms with E-state index in [4.69, 9.17) is 27.9 Å². The molecule has 0 saturated carbocycles. The van der Waals surface area contributed by atoms with Crippen LogP contribution in [0.4, 0.5) is 5.69 Å². The molecule has 1 N–H and O–H groups in total. The van der Waals surface area contributed by atoms with Crippen molar-refractivity contribution in [2.45, 2.75) is 32.8 Å². The van der Waals surface area contributed by atoms with Crippen LogP contribution in [-0.4, -0.2) is 5.91 Å². The van der Waals surface area contributed by atoms with E-state index in [1.807, 2.05) is 5.38 Å². The number of amides is 1. The number of anilines is 1. The highest BCUT2D eigenvalue weighted by atomic mass is 35.5. The van der Waals surface area contributed by atoms with E-state index in [9.17, 15) is 4.79 Å². The summed E-state index contributed by atoms with van der Waals surface area (Å²) in [6, 6.07) is 15.2. The Morgan fingerprint density at radius 3 is 2.46 bits per heavy atom. The summed E-state index contributed by atoms with van der Waals surface area (Å²) >= 11 is 13.5. The van der Waals surface area contributed by atoms with Crippen molar-refractivity contribution in [2.24, 2.45) is 0 Å². The van der Waals surface area contributed by atoms with Gasteiger partial charge in [-0.1, -0.05) is 74.3 Å². The van der Waals surface area contributed by atoms with Crippen molar-refractivity contribution in [1.82, 2.24) is 0 Å². The molecule has 2 aromatic carbocycles. The zero-order chi connectivity index (χ0) is 20.3. The van der Waals surface area contributed by atoms with Gasteiger partial charge in [-0.25, -0.2) is 0 Å². The lowest BCUT2D eigenvalue weighted by Crippen LogP contribution is -2.12. The number of nitrogens with one attached hydrogen (secondary N) is 1. The third kappa shape index (κ3) is 4.88. The van der Waals surface area contributed by atoms with Gasteiger partial charge in [0.25, 0.3) is 5.91 Å². The lowest BCUT2D eigenvalue weighted by molar-refractivity contribution is 0.102. The van der Waals surface area contributed by atoms with Crippen LogP contribution in [0.1, 0.15) is 41.6 Å². The fourth-order valence-corrected chi connectivity index (χ4v) is 3.69. The molecule has 0 atom stereocenters. The summed E-state index contributed by atoms with van der Waals surface area (Å²) in [5.41, 5.74) is 2.89. The maximum atomic E-state index is 12.6. The number of benzene rings is 2. The van der Waals surface area contributed by atoms with Crippen LogP contribution in [0.3, 0.4) is 0 Å². The number of thiophene rings is 1. The first kappa shape index (κ1) is 20.7. The highest BCUT2D eigenvalue weighted by molar-refractivity contribution is 7.12. The lowest BCUT2D eigenvalue weighted by atomic mass is 9.87. The molecule has 28 heavy (non-hydrogen) atoms. The average molecular weight is 434 g/mol. The molecule has 0 aliphatic rings. The van der Waals surface area contributed by atoms with Gasteiger partial charge in [0.1, 0.15) is 17.2 Å². The molecule has 3 rings (SSSR count). The molecular formula is C22H21Cl2NO2S. The van der Waals surface area contributed by atoms with Crippen LogP contribution in [-0.2, 0) is 12.0 Å². The first-order valence-corrected chi connectivity index (χ1v) is 10.4. The Kier molecular flexibility index (Phi) is 6.33.